The fraction of sp³-hybridized carbons (Fsp3) is 0.389. The van der Waals surface area contributed by atoms with Crippen LogP contribution in [0.3, 0.4) is 0 Å². The first-order valence-corrected chi connectivity index (χ1v) is 7.95. The molecule has 0 bridgehead atoms. The van der Waals surface area contributed by atoms with Gasteiger partial charge in [0, 0.05) is 45.1 Å². The Bertz CT molecular complexity index is 654. The third kappa shape index (κ3) is 3.92. The van der Waals surface area contributed by atoms with E-state index in [0.717, 1.165) is 49.7 Å². The second-order valence-corrected chi connectivity index (χ2v) is 5.90. The molecule has 23 heavy (non-hydrogen) atoms. The molecule has 0 unspecified atom stereocenters. The van der Waals surface area contributed by atoms with Crippen LogP contribution in [0, 0.1) is 18.3 Å². The smallest absolute Gasteiger partial charge is 0.123 e. The zero-order valence-corrected chi connectivity index (χ0v) is 13.4. The molecule has 3 rings (SSSR count). The van der Waals surface area contributed by atoms with Crippen LogP contribution in [-0.2, 0) is 6.54 Å². The zero-order chi connectivity index (χ0) is 16.1. The topological polar surface area (TPSA) is 56.1 Å². The number of benzene rings is 1. The van der Waals surface area contributed by atoms with Gasteiger partial charge < -0.3 is 0 Å². The Kier molecular flexibility index (Phi) is 4.96. The van der Waals surface area contributed by atoms with E-state index in [1.807, 2.05) is 49.6 Å². The lowest BCUT2D eigenvalue weighted by Gasteiger charge is -2.36. The Balaban J connectivity index is 1.57. The van der Waals surface area contributed by atoms with Gasteiger partial charge in [-0.3, -0.25) is 19.8 Å². The van der Waals surface area contributed by atoms with Crippen LogP contribution < -0.4 is 0 Å². The van der Waals surface area contributed by atoms with Gasteiger partial charge in [-0.25, -0.2) is 0 Å². The molecule has 1 fully saturated rings. The van der Waals surface area contributed by atoms with E-state index in [9.17, 15) is 5.26 Å². The number of aryl methyl sites for hydroxylation is 1. The maximum absolute atomic E-state index is 9.54. The van der Waals surface area contributed by atoms with Crippen LogP contribution in [0.2, 0.25) is 0 Å². The standard InChI is InChI=1S/C18H21N5/c1-15-12-21-17(13-20-15)14-22-7-9-23(10-8-22)18(11-19)16-5-3-2-4-6-16/h2-6,12-13,18H,7-10,14H2,1H3/t18-/m1/s1. The lowest BCUT2D eigenvalue weighted by atomic mass is 10.1. The van der Waals surface area contributed by atoms with Gasteiger partial charge in [0.25, 0.3) is 0 Å². The minimum Gasteiger partial charge on any atom is -0.295 e. The molecule has 1 aromatic heterocycles. The summed E-state index contributed by atoms with van der Waals surface area (Å²) >= 11 is 0. The van der Waals surface area contributed by atoms with Crippen LogP contribution in [0.4, 0.5) is 0 Å². The first-order chi connectivity index (χ1) is 11.3. The predicted octanol–water partition coefficient (Wildman–Crippen LogP) is 2.17. The fourth-order valence-electron chi connectivity index (χ4n) is 2.91. The normalized spacial score (nSPS) is 17.6. The first kappa shape index (κ1) is 15.6. The van der Waals surface area contributed by atoms with Gasteiger partial charge in [0.2, 0.25) is 0 Å². The molecule has 1 aliphatic heterocycles. The summed E-state index contributed by atoms with van der Waals surface area (Å²) < 4.78 is 0. The predicted molar refractivity (Wildman–Crippen MR) is 88.4 cm³/mol. The Morgan fingerprint density at radius 2 is 1.83 bits per heavy atom. The quantitative estimate of drug-likeness (QED) is 0.866. The van der Waals surface area contributed by atoms with Crippen molar-refractivity contribution in [3.63, 3.8) is 0 Å². The molecule has 0 radical (unpaired) electrons. The van der Waals surface area contributed by atoms with E-state index in [4.69, 9.17) is 0 Å². The van der Waals surface area contributed by atoms with Gasteiger partial charge in [-0.05, 0) is 12.5 Å². The van der Waals surface area contributed by atoms with Crippen LogP contribution in [0.1, 0.15) is 23.0 Å². The van der Waals surface area contributed by atoms with Crippen molar-refractivity contribution >= 4 is 0 Å². The first-order valence-electron chi connectivity index (χ1n) is 7.95. The van der Waals surface area contributed by atoms with Gasteiger partial charge >= 0.3 is 0 Å². The molecule has 5 heteroatoms. The van der Waals surface area contributed by atoms with Gasteiger partial charge in [0.1, 0.15) is 6.04 Å². The SMILES string of the molecule is Cc1cnc(CN2CCN([C@H](C#N)c3ccccc3)CC2)cn1. The zero-order valence-electron chi connectivity index (χ0n) is 13.4. The fourth-order valence-corrected chi connectivity index (χ4v) is 2.91. The molecule has 0 spiro atoms. The van der Waals surface area contributed by atoms with Gasteiger partial charge in [-0.2, -0.15) is 5.26 Å². The molecular formula is C18H21N5. The molecule has 2 heterocycles. The summed E-state index contributed by atoms with van der Waals surface area (Å²) in [5, 5.41) is 9.54. The molecule has 0 saturated carbocycles. The molecule has 1 saturated heterocycles. The van der Waals surface area contributed by atoms with E-state index >= 15 is 0 Å². The Hall–Kier alpha value is -2.29. The van der Waals surface area contributed by atoms with Crippen molar-refractivity contribution in [1.29, 1.82) is 5.26 Å². The van der Waals surface area contributed by atoms with Crippen molar-refractivity contribution in [3.8, 4) is 6.07 Å². The summed E-state index contributed by atoms with van der Waals surface area (Å²) in [6.07, 6.45) is 3.66. The summed E-state index contributed by atoms with van der Waals surface area (Å²) in [7, 11) is 0. The number of nitrogens with zero attached hydrogens (tertiary/aromatic N) is 5. The molecule has 0 aliphatic carbocycles. The van der Waals surface area contributed by atoms with Gasteiger partial charge in [-0.15, -0.1) is 0 Å². The van der Waals surface area contributed by atoms with Crippen LogP contribution in [-0.4, -0.2) is 45.9 Å². The Labute approximate surface area is 137 Å². The van der Waals surface area contributed by atoms with Crippen molar-refractivity contribution < 1.29 is 0 Å². The van der Waals surface area contributed by atoms with Gasteiger partial charge in [-0.1, -0.05) is 30.3 Å². The highest BCUT2D eigenvalue weighted by Crippen LogP contribution is 2.21. The van der Waals surface area contributed by atoms with E-state index in [1.165, 1.54) is 0 Å². The van der Waals surface area contributed by atoms with E-state index < -0.39 is 0 Å². The maximum atomic E-state index is 9.54. The average molecular weight is 307 g/mol. The number of hydrogen-bond donors (Lipinski definition) is 0. The number of rotatable bonds is 4. The second kappa shape index (κ2) is 7.32. The van der Waals surface area contributed by atoms with Crippen LogP contribution in [0.5, 0.6) is 0 Å². The van der Waals surface area contributed by atoms with Crippen LogP contribution >= 0.6 is 0 Å². The van der Waals surface area contributed by atoms with Crippen LogP contribution in [0.25, 0.3) is 0 Å². The maximum Gasteiger partial charge on any atom is 0.123 e. The molecule has 5 nitrogen and oxygen atoms in total. The molecule has 2 aromatic rings. The lowest BCUT2D eigenvalue weighted by molar-refractivity contribution is 0.108. The minimum atomic E-state index is -0.155. The highest BCUT2D eigenvalue weighted by atomic mass is 15.3. The largest absolute Gasteiger partial charge is 0.295 e. The van der Waals surface area contributed by atoms with Gasteiger partial charge in [0.15, 0.2) is 0 Å². The molecule has 1 atom stereocenters. The second-order valence-electron chi connectivity index (χ2n) is 5.90. The van der Waals surface area contributed by atoms with E-state index in [-0.39, 0.29) is 6.04 Å². The molecule has 1 aliphatic rings. The molecule has 0 N–H and O–H groups in total. The van der Waals surface area contributed by atoms with Gasteiger partial charge in [0.05, 0.1) is 17.5 Å². The average Bonchev–Trinajstić information content (AvgIpc) is 2.60. The Morgan fingerprint density at radius 3 is 2.43 bits per heavy atom. The number of hydrogen-bond acceptors (Lipinski definition) is 5. The summed E-state index contributed by atoms with van der Waals surface area (Å²) in [5.74, 6) is 0. The van der Waals surface area contributed by atoms with E-state index in [2.05, 4.69) is 25.8 Å². The van der Waals surface area contributed by atoms with Crippen molar-refractivity contribution in [3.05, 3.63) is 59.7 Å². The van der Waals surface area contributed by atoms with E-state index in [1.54, 1.807) is 0 Å². The summed E-state index contributed by atoms with van der Waals surface area (Å²) in [4.78, 5) is 13.3. The van der Waals surface area contributed by atoms with Crippen LogP contribution in [0.15, 0.2) is 42.7 Å². The molecular weight excluding hydrogens is 286 g/mol. The number of nitriles is 1. The van der Waals surface area contributed by atoms with Crippen molar-refractivity contribution in [2.45, 2.75) is 19.5 Å². The summed E-state index contributed by atoms with van der Waals surface area (Å²) in [6.45, 7) is 6.45. The number of aromatic nitrogens is 2. The number of piperazine rings is 1. The van der Waals surface area contributed by atoms with Crippen molar-refractivity contribution in [2.75, 3.05) is 26.2 Å². The Morgan fingerprint density at radius 1 is 1.09 bits per heavy atom. The third-order valence-electron chi connectivity index (χ3n) is 4.23. The van der Waals surface area contributed by atoms with E-state index in [0.29, 0.717) is 0 Å². The molecule has 1 aromatic carbocycles. The van der Waals surface area contributed by atoms with Crippen molar-refractivity contribution in [1.82, 2.24) is 19.8 Å². The summed E-state index contributed by atoms with van der Waals surface area (Å²) in [6, 6.07) is 12.3. The minimum absolute atomic E-state index is 0.155. The highest BCUT2D eigenvalue weighted by Gasteiger charge is 2.24. The molecule has 0 amide bonds. The third-order valence-corrected chi connectivity index (χ3v) is 4.23. The monoisotopic (exact) mass is 307 g/mol. The molecule has 118 valence electrons. The summed E-state index contributed by atoms with van der Waals surface area (Å²) in [5.41, 5.74) is 3.02. The van der Waals surface area contributed by atoms with Crippen molar-refractivity contribution in [2.24, 2.45) is 0 Å². The lowest BCUT2D eigenvalue weighted by Crippen LogP contribution is -2.47. The highest BCUT2D eigenvalue weighted by molar-refractivity contribution is 5.24.